The molecule has 1 aliphatic carbocycles. The molecule has 4 aliphatic rings. The molecule has 3 unspecified atom stereocenters. The maximum Gasteiger partial charge on any atom is 0.318 e. The van der Waals surface area contributed by atoms with Crippen LogP contribution in [0.15, 0.2) is 60.7 Å². The minimum absolute atomic E-state index is 0.0227. The molecule has 0 spiro atoms. The van der Waals surface area contributed by atoms with E-state index >= 15 is 4.39 Å². The van der Waals surface area contributed by atoms with Crippen molar-refractivity contribution in [1.82, 2.24) is 29.7 Å². The fourth-order valence-electron chi connectivity index (χ4n) is 7.74. The Labute approximate surface area is 301 Å². The zero-order valence-electron chi connectivity index (χ0n) is 29.1. The molecular weight excluding hydrogens is 669 g/mol. The van der Waals surface area contributed by atoms with Gasteiger partial charge in [0.05, 0.1) is 36.7 Å². The van der Waals surface area contributed by atoms with Crippen molar-refractivity contribution >= 4 is 28.7 Å². The van der Waals surface area contributed by atoms with Gasteiger partial charge in [-0.3, -0.25) is 19.7 Å². The highest BCUT2D eigenvalue weighted by Gasteiger charge is 2.36. The number of benzene rings is 1. The Morgan fingerprint density at radius 2 is 1.87 bits per heavy atom. The van der Waals surface area contributed by atoms with Crippen molar-refractivity contribution in [3.8, 4) is 23.3 Å². The van der Waals surface area contributed by atoms with Crippen molar-refractivity contribution in [3.63, 3.8) is 0 Å². The van der Waals surface area contributed by atoms with Crippen LogP contribution in [0.4, 0.5) is 19.0 Å². The number of carbonyl (C=O) groups excluding carboxylic acids is 1. The molecule has 1 aromatic carbocycles. The Bertz CT molecular complexity index is 1970. The van der Waals surface area contributed by atoms with E-state index in [2.05, 4.69) is 30.9 Å². The molecule has 10 nitrogen and oxygen atoms in total. The van der Waals surface area contributed by atoms with Gasteiger partial charge in [0.15, 0.2) is 11.6 Å². The van der Waals surface area contributed by atoms with E-state index in [1.165, 1.54) is 31.0 Å². The van der Waals surface area contributed by atoms with E-state index < -0.39 is 29.8 Å². The number of nitrogens with zero attached hydrogens (tertiary/aromatic N) is 8. The maximum absolute atomic E-state index is 16.2. The van der Waals surface area contributed by atoms with Gasteiger partial charge in [0, 0.05) is 56.3 Å². The van der Waals surface area contributed by atoms with Crippen molar-refractivity contribution in [2.75, 3.05) is 44.7 Å². The number of hydrogen-bond acceptors (Lipinski definition) is 9. The molecule has 1 amide bonds. The van der Waals surface area contributed by atoms with Crippen LogP contribution < -0.4 is 9.64 Å². The molecule has 6 heterocycles. The normalized spacial score (nSPS) is 22.0. The van der Waals surface area contributed by atoms with Crippen LogP contribution in [0.2, 0.25) is 0 Å². The van der Waals surface area contributed by atoms with E-state index in [1.807, 2.05) is 29.2 Å². The van der Waals surface area contributed by atoms with E-state index in [9.17, 15) is 18.8 Å². The molecule has 270 valence electrons. The van der Waals surface area contributed by atoms with Gasteiger partial charge in [-0.2, -0.15) is 15.2 Å². The third-order valence-electron chi connectivity index (χ3n) is 10.6. The molecule has 3 atom stereocenters. The molecule has 0 radical (unpaired) electrons. The average molecular weight is 711 g/mol. The minimum atomic E-state index is -0.967. The smallest absolute Gasteiger partial charge is 0.318 e. The summed E-state index contributed by atoms with van der Waals surface area (Å²) in [5, 5.41) is 9.91. The Balaban J connectivity index is 0.000000404. The molecule has 3 aliphatic heterocycles. The number of halogens is 3. The molecule has 52 heavy (non-hydrogen) atoms. The minimum Gasteiger partial charge on any atom is -0.467 e. The predicted octanol–water partition coefficient (Wildman–Crippen LogP) is 6.64. The van der Waals surface area contributed by atoms with Crippen LogP contribution in [-0.2, 0) is 4.79 Å². The number of alkyl halides is 1. The van der Waals surface area contributed by atoms with Gasteiger partial charge in [0.2, 0.25) is 0 Å². The van der Waals surface area contributed by atoms with Gasteiger partial charge in [-0.15, -0.1) is 0 Å². The van der Waals surface area contributed by atoms with Crippen LogP contribution in [0, 0.1) is 17.1 Å². The van der Waals surface area contributed by atoms with Crippen molar-refractivity contribution < 1.29 is 22.7 Å². The van der Waals surface area contributed by atoms with Crippen LogP contribution >= 0.6 is 0 Å². The Morgan fingerprint density at radius 3 is 2.60 bits per heavy atom. The van der Waals surface area contributed by atoms with Gasteiger partial charge in [-0.25, -0.2) is 13.2 Å². The van der Waals surface area contributed by atoms with Gasteiger partial charge in [-0.1, -0.05) is 36.8 Å². The van der Waals surface area contributed by atoms with Crippen molar-refractivity contribution in [2.45, 2.75) is 69.1 Å². The third kappa shape index (κ3) is 7.30. The van der Waals surface area contributed by atoms with Crippen LogP contribution in [0.1, 0.15) is 62.1 Å². The first kappa shape index (κ1) is 35.3. The second kappa shape index (κ2) is 15.7. The molecule has 0 bridgehead atoms. The number of methoxy groups -OCH3 is 1. The second-order valence-electron chi connectivity index (χ2n) is 13.8. The first-order valence-corrected chi connectivity index (χ1v) is 17.9. The van der Waals surface area contributed by atoms with Gasteiger partial charge >= 0.3 is 6.01 Å². The SMILES string of the molecule is COc1nc(N2CCN(C(=O)/C(F)=C/c3ccccn3)C(CC#N)C2)c2cnc(-c3ccccc3C3CCC3)c(F)c2n1.FC1CC2CCCN2C1. The second-order valence-corrected chi connectivity index (χ2v) is 13.8. The van der Waals surface area contributed by atoms with E-state index in [0.29, 0.717) is 35.4 Å². The lowest BCUT2D eigenvalue weighted by molar-refractivity contribution is -0.131. The van der Waals surface area contributed by atoms with Crippen molar-refractivity contribution in [3.05, 3.63) is 77.8 Å². The number of hydrogen-bond donors (Lipinski definition) is 0. The predicted molar refractivity (Wildman–Crippen MR) is 191 cm³/mol. The number of nitriles is 1. The van der Waals surface area contributed by atoms with Crippen LogP contribution in [-0.4, -0.2) is 93.7 Å². The van der Waals surface area contributed by atoms with Crippen LogP contribution in [0.5, 0.6) is 6.01 Å². The zero-order valence-corrected chi connectivity index (χ0v) is 29.1. The zero-order chi connectivity index (χ0) is 36.2. The highest BCUT2D eigenvalue weighted by atomic mass is 19.1. The fourth-order valence-corrected chi connectivity index (χ4v) is 7.74. The Kier molecular flexibility index (Phi) is 10.6. The number of carbonyl (C=O) groups is 1. The van der Waals surface area contributed by atoms with Gasteiger partial charge in [-0.05, 0) is 62.3 Å². The van der Waals surface area contributed by atoms with Gasteiger partial charge in [0.25, 0.3) is 5.91 Å². The lowest BCUT2D eigenvalue weighted by Gasteiger charge is -2.41. The number of pyridine rings is 2. The Hall–Kier alpha value is -5.09. The van der Waals surface area contributed by atoms with Crippen molar-refractivity contribution in [1.29, 1.82) is 5.26 Å². The quantitative estimate of drug-likeness (QED) is 0.195. The van der Waals surface area contributed by atoms with E-state index in [1.54, 1.807) is 24.4 Å². The summed E-state index contributed by atoms with van der Waals surface area (Å²) in [7, 11) is 1.41. The number of rotatable bonds is 7. The summed E-state index contributed by atoms with van der Waals surface area (Å²) in [5.41, 5.74) is 2.41. The van der Waals surface area contributed by atoms with E-state index in [4.69, 9.17) is 4.74 Å². The lowest BCUT2D eigenvalue weighted by atomic mass is 9.77. The summed E-state index contributed by atoms with van der Waals surface area (Å²) < 4.78 is 49.2. The molecule has 8 rings (SSSR count). The topological polar surface area (TPSA) is 111 Å². The molecule has 0 N–H and O–H groups in total. The molecular formula is C39H41F3N8O2. The number of fused-ring (bicyclic) bond motifs is 2. The summed E-state index contributed by atoms with van der Waals surface area (Å²) >= 11 is 0. The van der Waals surface area contributed by atoms with E-state index in [0.717, 1.165) is 49.4 Å². The molecule has 3 saturated heterocycles. The molecule has 3 aromatic heterocycles. The third-order valence-corrected chi connectivity index (χ3v) is 10.6. The monoisotopic (exact) mass is 710 g/mol. The first-order valence-electron chi connectivity index (χ1n) is 17.9. The number of ether oxygens (including phenoxy) is 1. The molecule has 13 heteroatoms. The summed E-state index contributed by atoms with van der Waals surface area (Å²) in [6.45, 7) is 2.40. The maximum atomic E-state index is 16.2. The number of piperazine rings is 1. The molecule has 4 aromatic rings. The largest absolute Gasteiger partial charge is 0.467 e. The summed E-state index contributed by atoms with van der Waals surface area (Å²) in [4.78, 5) is 36.0. The van der Waals surface area contributed by atoms with Crippen molar-refractivity contribution in [2.24, 2.45) is 0 Å². The number of amides is 1. The molecule has 1 saturated carbocycles. The van der Waals surface area contributed by atoms with E-state index in [-0.39, 0.29) is 43.3 Å². The highest BCUT2D eigenvalue weighted by molar-refractivity contribution is 5.96. The summed E-state index contributed by atoms with van der Waals surface area (Å²) in [6, 6.07) is 14.8. The molecule has 4 fully saturated rings. The van der Waals surface area contributed by atoms with Gasteiger partial charge in [0.1, 0.15) is 23.2 Å². The summed E-state index contributed by atoms with van der Waals surface area (Å²) in [5.74, 6) is -1.62. The summed E-state index contributed by atoms with van der Waals surface area (Å²) in [6.07, 6.45) is 10.2. The highest BCUT2D eigenvalue weighted by Crippen LogP contribution is 2.42. The average Bonchev–Trinajstić information content (AvgIpc) is 3.73. The van der Waals surface area contributed by atoms with Gasteiger partial charge < -0.3 is 14.5 Å². The first-order chi connectivity index (χ1) is 25.3. The lowest BCUT2D eigenvalue weighted by Crippen LogP contribution is -2.55. The fraction of sp³-hybridized carbons (Fsp3) is 0.436. The Morgan fingerprint density at radius 1 is 1.04 bits per heavy atom. The number of aromatic nitrogens is 4. The van der Waals surface area contributed by atoms with Crippen LogP contribution in [0.25, 0.3) is 28.2 Å². The standard InChI is InChI=1S/C32H29F2N7O2.C7H12FN/c1-43-32-38-29-25(18-37-28(27(29)34)24-11-3-2-10-23(24)20-7-6-8-20)30(39-32)40-15-16-41(22(19-40)12-13-35)31(42)26(33)17-21-9-4-5-14-36-21;8-6-4-7-2-1-3-9(7)5-6/h2-5,9-11,14,17-18,20,22H,6-8,12,15-16,19H2,1H3;6-7H,1-5H2/b26-17-;. The number of anilines is 1. The van der Waals surface area contributed by atoms with Crippen LogP contribution in [0.3, 0.4) is 0 Å².